The van der Waals surface area contributed by atoms with Crippen LogP contribution in [0.3, 0.4) is 0 Å². The molecule has 1 N–H and O–H groups in total. The average molecular weight is 584 g/mol. The number of carbonyl (C=O) groups excluding carboxylic acids is 2. The van der Waals surface area contributed by atoms with Gasteiger partial charge in [0.25, 0.3) is 0 Å². The predicted molar refractivity (Wildman–Crippen MR) is 155 cm³/mol. The van der Waals surface area contributed by atoms with Gasteiger partial charge in [-0.05, 0) is 43.0 Å². The van der Waals surface area contributed by atoms with Crippen molar-refractivity contribution in [2.75, 3.05) is 17.1 Å². The van der Waals surface area contributed by atoms with Crippen LogP contribution in [0.4, 0.5) is 14.5 Å². The summed E-state index contributed by atoms with van der Waals surface area (Å²) in [5.41, 5.74) is 2.42. The zero-order valence-electron chi connectivity index (χ0n) is 23.2. The Labute approximate surface area is 240 Å². The van der Waals surface area contributed by atoms with Crippen molar-refractivity contribution in [1.29, 1.82) is 0 Å². The van der Waals surface area contributed by atoms with Crippen molar-refractivity contribution >= 4 is 27.5 Å². The van der Waals surface area contributed by atoms with Crippen molar-refractivity contribution < 1.29 is 26.8 Å². The van der Waals surface area contributed by atoms with Crippen LogP contribution in [-0.2, 0) is 32.6 Å². The lowest BCUT2D eigenvalue weighted by Gasteiger charge is -2.34. The summed E-state index contributed by atoms with van der Waals surface area (Å²) in [5, 5.41) is 3.10. The van der Waals surface area contributed by atoms with Crippen LogP contribution < -0.4 is 9.62 Å². The van der Waals surface area contributed by atoms with Crippen LogP contribution in [-0.4, -0.2) is 50.0 Å². The van der Waals surface area contributed by atoms with E-state index in [9.17, 15) is 26.8 Å². The number of nitrogens with zero attached hydrogens (tertiary/aromatic N) is 2. The molecule has 0 aliphatic heterocycles. The van der Waals surface area contributed by atoms with Crippen molar-refractivity contribution in [3.63, 3.8) is 0 Å². The summed E-state index contributed by atoms with van der Waals surface area (Å²) >= 11 is 0. The van der Waals surface area contributed by atoms with E-state index in [2.05, 4.69) is 5.32 Å². The number of rotatable bonds is 11. The molecule has 0 unspecified atom stereocenters. The van der Waals surface area contributed by atoms with Gasteiger partial charge in [0, 0.05) is 25.1 Å². The van der Waals surface area contributed by atoms with E-state index < -0.39 is 40.2 Å². The third-order valence-electron chi connectivity index (χ3n) is 7.32. The first-order valence-corrected chi connectivity index (χ1v) is 15.5. The Morgan fingerprint density at radius 2 is 1.59 bits per heavy atom. The molecule has 10 heteroatoms. The van der Waals surface area contributed by atoms with Gasteiger partial charge in [-0.1, -0.05) is 73.0 Å². The maximum atomic E-state index is 14.1. The third-order valence-corrected chi connectivity index (χ3v) is 8.46. The normalized spacial score (nSPS) is 14.4. The second-order valence-corrected chi connectivity index (χ2v) is 12.5. The first kappa shape index (κ1) is 30.2. The molecule has 0 heterocycles. The monoisotopic (exact) mass is 583 g/mol. The molecule has 1 atom stereocenters. The SMILES string of the molecule is Cc1ccc(CN(C(=O)CN(c2ccc(F)c(F)c2)S(C)(=O)=O)[C@@H](Cc2ccccc2)C(=O)NC2CCCC2)cc1. The van der Waals surface area contributed by atoms with Gasteiger partial charge in [-0.25, -0.2) is 17.2 Å². The van der Waals surface area contributed by atoms with E-state index >= 15 is 0 Å². The van der Waals surface area contributed by atoms with Gasteiger partial charge in [0.1, 0.15) is 12.6 Å². The molecule has 1 saturated carbocycles. The number of benzene rings is 3. The Kier molecular flexibility index (Phi) is 9.75. The number of hydrogen-bond donors (Lipinski definition) is 1. The number of hydrogen-bond acceptors (Lipinski definition) is 4. The highest BCUT2D eigenvalue weighted by Crippen LogP contribution is 2.23. The molecule has 7 nitrogen and oxygen atoms in total. The standard InChI is InChI=1S/C31H35F2N3O4S/c1-22-12-14-24(15-13-22)20-35(30(37)21-36(41(2,39)40)26-16-17-27(32)28(33)19-26)29(18-23-8-4-3-5-9-23)31(38)34-25-10-6-7-11-25/h3-5,8-9,12-17,19,25,29H,6-7,10-11,18,20-21H2,1-2H3,(H,34,38)/t29-/m0/s1. The highest BCUT2D eigenvalue weighted by Gasteiger charge is 2.34. The Hall–Kier alpha value is -3.79. The van der Waals surface area contributed by atoms with Gasteiger partial charge >= 0.3 is 0 Å². The summed E-state index contributed by atoms with van der Waals surface area (Å²) in [6, 6.07) is 18.5. The van der Waals surface area contributed by atoms with Gasteiger partial charge in [0.2, 0.25) is 21.8 Å². The van der Waals surface area contributed by atoms with E-state index in [1.165, 1.54) is 4.90 Å². The fourth-order valence-corrected chi connectivity index (χ4v) is 5.91. The Morgan fingerprint density at radius 1 is 0.927 bits per heavy atom. The second kappa shape index (κ2) is 13.2. The molecule has 0 aromatic heterocycles. The number of sulfonamides is 1. The van der Waals surface area contributed by atoms with E-state index in [4.69, 9.17) is 0 Å². The highest BCUT2D eigenvalue weighted by molar-refractivity contribution is 7.92. The van der Waals surface area contributed by atoms with Gasteiger partial charge in [-0.15, -0.1) is 0 Å². The van der Waals surface area contributed by atoms with E-state index in [0.29, 0.717) is 0 Å². The molecule has 0 saturated heterocycles. The molecule has 218 valence electrons. The molecule has 2 amide bonds. The maximum Gasteiger partial charge on any atom is 0.244 e. The van der Waals surface area contributed by atoms with Crippen LogP contribution in [0.25, 0.3) is 0 Å². The van der Waals surface area contributed by atoms with E-state index in [-0.39, 0.29) is 30.6 Å². The zero-order valence-corrected chi connectivity index (χ0v) is 24.0. The molecular weight excluding hydrogens is 548 g/mol. The van der Waals surface area contributed by atoms with E-state index in [0.717, 1.165) is 71.1 Å². The van der Waals surface area contributed by atoms with Gasteiger partial charge in [-0.2, -0.15) is 0 Å². The van der Waals surface area contributed by atoms with Crippen molar-refractivity contribution in [2.45, 2.75) is 57.7 Å². The summed E-state index contributed by atoms with van der Waals surface area (Å²) in [6.07, 6.45) is 4.83. The maximum absolute atomic E-state index is 14.1. The first-order valence-electron chi connectivity index (χ1n) is 13.6. The van der Waals surface area contributed by atoms with Crippen LogP contribution in [0.15, 0.2) is 72.8 Å². The molecule has 1 fully saturated rings. The average Bonchev–Trinajstić information content (AvgIpc) is 3.45. The van der Waals surface area contributed by atoms with Crippen LogP contribution in [0.1, 0.15) is 42.4 Å². The molecule has 41 heavy (non-hydrogen) atoms. The molecule has 0 bridgehead atoms. The minimum Gasteiger partial charge on any atom is -0.352 e. The van der Waals surface area contributed by atoms with Gasteiger partial charge < -0.3 is 10.2 Å². The Morgan fingerprint density at radius 3 is 2.20 bits per heavy atom. The minimum absolute atomic E-state index is 0.00630. The lowest BCUT2D eigenvalue weighted by molar-refractivity contribution is -0.140. The van der Waals surface area contributed by atoms with Gasteiger partial charge in [0.15, 0.2) is 11.6 Å². The lowest BCUT2D eigenvalue weighted by atomic mass is 10.0. The van der Waals surface area contributed by atoms with Crippen molar-refractivity contribution in [3.05, 3.63) is 101 Å². The predicted octanol–water partition coefficient (Wildman–Crippen LogP) is 4.74. The van der Waals surface area contributed by atoms with Gasteiger partial charge in [0.05, 0.1) is 11.9 Å². The topological polar surface area (TPSA) is 86.8 Å². The Balaban J connectivity index is 1.72. The van der Waals surface area contributed by atoms with Crippen LogP contribution >= 0.6 is 0 Å². The molecule has 3 aromatic carbocycles. The summed E-state index contributed by atoms with van der Waals surface area (Å²) in [5.74, 6) is -3.35. The molecule has 1 aliphatic carbocycles. The van der Waals surface area contributed by atoms with E-state index in [1.54, 1.807) is 0 Å². The fourth-order valence-electron chi connectivity index (χ4n) is 5.07. The molecule has 3 aromatic rings. The number of nitrogens with one attached hydrogen (secondary N) is 1. The van der Waals surface area contributed by atoms with Crippen molar-refractivity contribution in [1.82, 2.24) is 10.2 Å². The smallest absolute Gasteiger partial charge is 0.244 e. The summed E-state index contributed by atoms with van der Waals surface area (Å²) in [4.78, 5) is 29.2. The van der Waals surface area contributed by atoms with E-state index in [1.807, 2.05) is 61.5 Å². The summed E-state index contributed by atoms with van der Waals surface area (Å²) in [7, 11) is -4.08. The summed E-state index contributed by atoms with van der Waals surface area (Å²) in [6.45, 7) is 1.29. The number of anilines is 1. The molecular formula is C31H35F2N3O4S. The molecule has 4 rings (SSSR count). The quantitative estimate of drug-likeness (QED) is 0.354. The van der Waals surface area contributed by atoms with Crippen molar-refractivity contribution in [3.8, 4) is 0 Å². The minimum atomic E-state index is -4.08. The lowest BCUT2D eigenvalue weighted by Crippen LogP contribution is -2.54. The number of carbonyl (C=O) groups is 2. The fraction of sp³-hybridized carbons (Fsp3) is 0.355. The molecule has 0 radical (unpaired) electrons. The second-order valence-electron chi connectivity index (χ2n) is 10.6. The Bertz CT molecular complexity index is 1460. The largest absolute Gasteiger partial charge is 0.352 e. The number of amides is 2. The zero-order chi connectivity index (χ0) is 29.6. The first-order chi connectivity index (χ1) is 19.5. The molecule has 0 spiro atoms. The number of halogens is 2. The van der Waals surface area contributed by atoms with Gasteiger partial charge in [-0.3, -0.25) is 13.9 Å². The highest BCUT2D eigenvalue weighted by atomic mass is 32.2. The van der Waals surface area contributed by atoms with Crippen molar-refractivity contribution in [2.24, 2.45) is 0 Å². The molecule has 1 aliphatic rings. The van der Waals surface area contributed by atoms with Crippen LogP contribution in [0.2, 0.25) is 0 Å². The number of aryl methyl sites for hydroxylation is 1. The third kappa shape index (κ3) is 8.13. The van der Waals surface area contributed by atoms with Crippen LogP contribution in [0.5, 0.6) is 0 Å². The summed E-state index contributed by atoms with van der Waals surface area (Å²) < 4.78 is 54.0. The van der Waals surface area contributed by atoms with Crippen LogP contribution in [0, 0.1) is 18.6 Å².